The van der Waals surface area contributed by atoms with Crippen molar-refractivity contribution in [3.05, 3.63) is 39.8 Å². The average molecular weight is 469 g/mol. The van der Waals surface area contributed by atoms with Gasteiger partial charge in [-0.15, -0.1) is 0 Å². The van der Waals surface area contributed by atoms with E-state index in [-0.39, 0.29) is 36.6 Å². The Balaban J connectivity index is 1.56. The van der Waals surface area contributed by atoms with E-state index >= 15 is 0 Å². The average Bonchev–Trinajstić information content (AvgIpc) is 3.61. The van der Waals surface area contributed by atoms with Gasteiger partial charge in [0, 0.05) is 36.9 Å². The Morgan fingerprint density at radius 2 is 2.00 bits per heavy atom. The molecule has 5 rings (SSSR count). The zero-order valence-electron chi connectivity index (χ0n) is 20.2. The molecule has 0 unspecified atom stereocenters. The number of aliphatic hydroxyl groups excluding tert-OH is 1. The fourth-order valence-electron chi connectivity index (χ4n) is 6.11. The highest BCUT2D eigenvalue weighted by Crippen LogP contribution is 2.48. The van der Waals surface area contributed by atoms with Gasteiger partial charge in [0.1, 0.15) is 0 Å². The molecule has 2 bridgehead atoms. The zero-order chi connectivity index (χ0) is 24.0. The number of aromatic nitrogens is 1. The van der Waals surface area contributed by atoms with E-state index in [1.807, 2.05) is 31.1 Å². The summed E-state index contributed by atoms with van der Waals surface area (Å²) in [6.45, 7) is 0.963. The molecule has 1 aromatic rings. The topological polar surface area (TPSA) is 94.9 Å². The minimum absolute atomic E-state index is 0.0453. The Morgan fingerprint density at radius 1 is 1.21 bits per heavy atom. The van der Waals surface area contributed by atoms with E-state index < -0.39 is 17.9 Å². The molecule has 1 saturated carbocycles. The molecule has 2 N–H and O–H groups in total. The van der Waals surface area contributed by atoms with Crippen molar-refractivity contribution >= 4 is 17.4 Å². The molecule has 3 heterocycles. The van der Waals surface area contributed by atoms with Crippen LogP contribution in [0.3, 0.4) is 0 Å². The number of hydrogen-bond donors (Lipinski definition) is 2. The highest BCUT2D eigenvalue weighted by molar-refractivity contribution is 5.85. The van der Waals surface area contributed by atoms with Gasteiger partial charge in [0.2, 0.25) is 11.8 Å². The van der Waals surface area contributed by atoms with Crippen LogP contribution in [0.5, 0.6) is 0 Å². The first-order chi connectivity index (χ1) is 16.4. The minimum atomic E-state index is -0.576. The molecule has 1 saturated heterocycles. The lowest BCUT2D eigenvalue weighted by atomic mass is 9.86. The van der Waals surface area contributed by atoms with Gasteiger partial charge in [0.25, 0.3) is 5.56 Å². The third kappa shape index (κ3) is 4.11. The monoisotopic (exact) mass is 468 g/mol. The summed E-state index contributed by atoms with van der Waals surface area (Å²) in [7, 11) is 3.69. The van der Waals surface area contributed by atoms with Crippen molar-refractivity contribution in [1.82, 2.24) is 19.7 Å². The van der Waals surface area contributed by atoms with Crippen LogP contribution in [0, 0.1) is 17.8 Å². The second kappa shape index (κ2) is 9.30. The summed E-state index contributed by atoms with van der Waals surface area (Å²) in [5.41, 5.74) is 2.49. The van der Waals surface area contributed by atoms with Crippen molar-refractivity contribution in [3.63, 3.8) is 0 Å². The summed E-state index contributed by atoms with van der Waals surface area (Å²) in [4.78, 5) is 44.0. The summed E-state index contributed by atoms with van der Waals surface area (Å²) < 4.78 is 1.77. The lowest BCUT2D eigenvalue weighted by Gasteiger charge is -2.39. The van der Waals surface area contributed by atoms with Crippen LogP contribution in [0.15, 0.2) is 23.0 Å². The van der Waals surface area contributed by atoms with Crippen LogP contribution in [0.4, 0.5) is 0 Å². The number of fused-ring (bicyclic) bond motifs is 4. The van der Waals surface area contributed by atoms with E-state index in [1.54, 1.807) is 9.47 Å². The smallest absolute Gasteiger partial charge is 0.258 e. The van der Waals surface area contributed by atoms with E-state index in [9.17, 15) is 19.5 Å². The van der Waals surface area contributed by atoms with Crippen LogP contribution < -0.4 is 10.9 Å². The summed E-state index contributed by atoms with van der Waals surface area (Å²) in [5.74, 6) is -0.653. The van der Waals surface area contributed by atoms with E-state index in [1.165, 1.54) is 0 Å². The number of rotatable bonds is 7. The van der Waals surface area contributed by atoms with Gasteiger partial charge in [-0.2, -0.15) is 0 Å². The minimum Gasteiger partial charge on any atom is -0.396 e. The van der Waals surface area contributed by atoms with Crippen LogP contribution in [-0.2, 0) is 16.1 Å². The van der Waals surface area contributed by atoms with Crippen molar-refractivity contribution in [2.75, 3.05) is 33.8 Å². The van der Waals surface area contributed by atoms with Gasteiger partial charge >= 0.3 is 0 Å². The summed E-state index contributed by atoms with van der Waals surface area (Å²) in [5, 5.41) is 13.5. The number of nitrogens with zero attached hydrogens (tertiary/aromatic N) is 3. The summed E-state index contributed by atoms with van der Waals surface area (Å²) >= 11 is 0. The molecule has 184 valence electrons. The van der Waals surface area contributed by atoms with Crippen molar-refractivity contribution < 1.29 is 14.7 Å². The Morgan fingerprint density at radius 3 is 2.65 bits per heavy atom. The van der Waals surface area contributed by atoms with Gasteiger partial charge in [0.15, 0.2) is 0 Å². The fourth-order valence-corrected chi connectivity index (χ4v) is 6.11. The third-order valence-electron chi connectivity index (χ3n) is 7.99. The SMILES string of the molecule is CN(C)CC(=O)N1[C@@H]2c3ccc(C4=CCCCC4)c(=O)n3C[C@H]1[C@H](CO)[C@H]2C(=O)NCC1CC1. The third-order valence-corrected chi connectivity index (χ3v) is 7.99. The maximum absolute atomic E-state index is 13.6. The number of likely N-dealkylation sites (N-methyl/N-ethyl adjacent to an activating group) is 1. The van der Waals surface area contributed by atoms with E-state index in [0.29, 0.717) is 24.7 Å². The molecule has 4 atom stereocenters. The first-order valence-corrected chi connectivity index (χ1v) is 12.7. The number of nitrogens with one attached hydrogen (secondary N) is 1. The highest BCUT2D eigenvalue weighted by Gasteiger charge is 2.57. The van der Waals surface area contributed by atoms with E-state index in [4.69, 9.17) is 0 Å². The molecule has 2 amide bonds. The summed E-state index contributed by atoms with van der Waals surface area (Å²) in [6, 6.07) is 2.87. The van der Waals surface area contributed by atoms with E-state index in [2.05, 4.69) is 11.4 Å². The first-order valence-electron chi connectivity index (χ1n) is 12.7. The summed E-state index contributed by atoms with van der Waals surface area (Å²) in [6.07, 6.45) is 8.56. The molecule has 2 aliphatic carbocycles. The van der Waals surface area contributed by atoms with Gasteiger partial charge in [-0.3, -0.25) is 14.4 Å². The van der Waals surface area contributed by atoms with Gasteiger partial charge in [-0.25, -0.2) is 0 Å². The molecule has 0 aromatic carbocycles. The quantitative estimate of drug-likeness (QED) is 0.631. The fraction of sp³-hybridized carbons (Fsp3) is 0.654. The Labute approximate surface area is 200 Å². The van der Waals surface area contributed by atoms with Crippen LogP contribution in [0.25, 0.3) is 5.57 Å². The molecular formula is C26H36N4O4. The van der Waals surface area contributed by atoms with Gasteiger partial charge in [-0.1, -0.05) is 6.08 Å². The lowest BCUT2D eigenvalue weighted by molar-refractivity contribution is -0.137. The maximum atomic E-state index is 13.6. The molecule has 1 aromatic heterocycles. The van der Waals surface area contributed by atoms with Crippen LogP contribution >= 0.6 is 0 Å². The number of allylic oxidation sites excluding steroid dienone is 2. The molecule has 4 aliphatic rings. The van der Waals surface area contributed by atoms with Gasteiger partial charge < -0.3 is 24.8 Å². The predicted molar refractivity (Wildman–Crippen MR) is 129 cm³/mol. The number of carbonyl (C=O) groups is 2. The zero-order valence-corrected chi connectivity index (χ0v) is 20.2. The van der Waals surface area contributed by atoms with Gasteiger partial charge in [-0.05, 0) is 76.2 Å². The normalized spacial score (nSPS) is 28.0. The Kier molecular flexibility index (Phi) is 6.37. The standard InChI is InChI=1S/C26H36N4O4/c1-28(2)14-22(32)30-21-13-29-20(11-10-18(26(29)34)17-6-4-3-5-7-17)24(30)23(19(21)15-31)25(33)27-12-16-8-9-16/h6,10-11,16,19,21,23-24,31H,3-5,7-9,12-15H2,1-2H3,(H,27,33)/t19-,21-,23+,24+/m0/s1. The number of amides is 2. The van der Waals surface area contributed by atoms with Crippen LogP contribution in [0.1, 0.15) is 55.8 Å². The van der Waals surface area contributed by atoms with Crippen molar-refractivity contribution in [2.24, 2.45) is 17.8 Å². The van der Waals surface area contributed by atoms with Gasteiger partial charge in [0.05, 0.1) is 24.5 Å². The van der Waals surface area contributed by atoms with Crippen molar-refractivity contribution in [2.45, 2.75) is 57.2 Å². The van der Waals surface area contributed by atoms with Crippen LogP contribution in [0.2, 0.25) is 0 Å². The Hall–Kier alpha value is -2.45. The molecule has 0 spiro atoms. The number of pyridine rings is 1. The largest absolute Gasteiger partial charge is 0.396 e. The molecule has 0 radical (unpaired) electrons. The molecule has 2 fully saturated rings. The van der Waals surface area contributed by atoms with E-state index in [0.717, 1.165) is 49.7 Å². The lowest BCUT2D eigenvalue weighted by Crippen LogP contribution is -2.51. The number of carbonyl (C=O) groups excluding carboxylic acids is 2. The first kappa shape index (κ1) is 23.3. The van der Waals surface area contributed by atoms with Crippen molar-refractivity contribution in [1.29, 1.82) is 0 Å². The second-order valence-corrected chi connectivity index (χ2v) is 10.7. The number of hydrogen-bond acceptors (Lipinski definition) is 5. The Bertz CT molecular complexity index is 1060. The number of aliphatic hydroxyl groups is 1. The maximum Gasteiger partial charge on any atom is 0.258 e. The van der Waals surface area contributed by atoms with Crippen molar-refractivity contribution in [3.8, 4) is 0 Å². The molecule has 2 aliphatic heterocycles. The second-order valence-electron chi connectivity index (χ2n) is 10.7. The molecule has 8 heteroatoms. The molecule has 8 nitrogen and oxygen atoms in total. The molecule has 34 heavy (non-hydrogen) atoms. The highest BCUT2D eigenvalue weighted by atomic mass is 16.3. The predicted octanol–water partition coefficient (Wildman–Crippen LogP) is 1.38. The molecular weight excluding hydrogens is 432 g/mol. The van der Waals surface area contributed by atoms with Crippen LogP contribution in [-0.4, -0.2) is 71.1 Å².